The Morgan fingerprint density at radius 2 is 1.64 bits per heavy atom. The van der Waals surface area contributed by atoms with Gasteiger partial charge in [-0.1, -0.05) is 49.4 Å². The topological polar surface area (TPSA) is 51.2 Å². The highest BCUT2D eigenvalue weighted by atomic mass is 32.2. The molecule has 0 aromatic heterocycles. The van der Waals surface area contributed by atoms with Gasteiger partial charge in [-0.2, -0.15) is 0 Å². The molecule has 1 aliphatic rings. The molecule has 0 fully saturated rings. The van der Waals surface area contributed by atoms with E-state index in [1.165, 1.54) is 0 Å². The molecule has 0 saturated heterocycles. The Kier molecular flexibility index (Phi) is 3.71. The molecule has 0 heterocycles. The predicted molar refractivity (Wildman–Crippen MR) is 86.1 cm³/mol. The van der Waals surface area contributed by atoms with E-state index in [2.05, 4.69) is 0 Å². The number of sulfone groups is 1. The summed E-state index contributed by atoms with van der Waals surface area (Å²) in [4.78, 5) is 12.5. The molecule has 2 aromatic carbocycles. The van der Waals surface area contributed by atoms with Crippen molar-refractivity contribution in [1.29, 1.82) is 0 Å². The number of carbonyl (C=O) groups is 1. The molecule has 22 heavy (non-hydrogen) atoms. The smallest absolute Gasteiger partial charge is 0.189 e. The van der Waals surface area contributed by atoms with E-state index in [1.54, 1.807) is 55.5 Å². The van der Waals surface area contributed by atoms with Gasteiger partial charge in [-0.25, -0.2) is 8.42 Å². The number of ketones is 1. The van der Waals surface area contributed by atoms with Crippen LogP contribution in [0.2, 0.25) is 0 Å². The Bertz CT molecular complexity index is 849. The van der Waals surface area contributed by atoms with Gasteiger partial charge in [-0.3, -0.25) is 4.79 Å². The zero-order valence-corrected chi connectivity index (χ0v) is 13.0. The summed E-state index contributed by atoms with van der Waals surface area (Å²) in [5, 5.41) is -0.904. The molecule has 3 rings (SSSR count). The third-order valence-electron chi connectivity index (χ3n) is 3.90. The molecule has 0 saturated carbocycles. The van der Waals surface area contributed by atoms with E-state index in [9.17, 15) is 13.2 Å². The maximum absolute atomic E-state index is 13.0. The van der Waals surface area contributed by atoms with Crippen LogP contribution >= 0.6 is 0 Å². The van der Waals surface area contributed by atoms with E-state index in [4.69, 9.17) is 0 Å². The second kappa shape index (κ2) is 5.54. The number of Topliss-reactive ketones (excluding diaryl/α,β-unsaturated/α-hetero) is 1. The number of hydrogen-bond donors (Lipinski definition) is 0. The maximum atomic E-state index is 13.0. The summed E-state index contributed by atoms with van der Waals surface area (Å²) in [7, 11) is -3.65. The highest BCUT2D eigenvalue weighted by Gasteiger charge is 2.39. The van der Waals surface area contributed by atoms with Crippen molar-refractivity contribution in [3.63, 3.8) is 0 Å². The lowest BCUT2D eigenvalue weighted by Crippen LogP contribution is -2.18. The molecular formula is C18H16O3S. The fourth-order valence-electron chi connectivity index (χ4n) is 2.80. The van der Waals surface area contributed by atoms with Crippen LogP contribution in [0.5, 0.6) is 0 Å². The average molecular weight is 312 g/mol. The summed E-state index contributed by atoms with van der Waals surface area (Å²) < 4.78 is 26.1. The van der Waals surface area contributed by atoms with Crippen LogP contribution in [-0.2, 0) is 14.6 Å². The van der Waals surface area contributed by atoms with E-state index in [0.717, 1.165) is 5.56 Å². The average Bonchev–Trinajstić information content (AvgIpc) is 2.95. The van der Waals surface area contributed by atoms with Crippen molar-refractivity contribution in [2.45, 2.75) is 23.5 Å². The van der Waals surface area contributed by atoms with Crippen molar-refractivity contribution >= 4 is 21.7 Å². The molecule has 0 radical (unpaired) electrons. The lowest BCUT2D eigenvalue weighted by Gasteiger charge is -2.17. The Hall–Kier alpha value is -2.20. The van der Waals surface area contributed by atoms with Crippen LogP contribution in [0.15, 0.2) is 65.1 Å². The fourth-order valence-corrected chi connectivity index (χ4v) is 4.69. The van der Waals surface area contributed by atoms with Crippen LogP contribution in [0.3, 0.4) is 0 Å². The van der Waals surface area contributed by atoms with Gasteiger partial charge in [0.1, 0.15) is 5.25 Å². The first kappa shape index (κ1) is 14.7. The minimum Gasteiger partial charge on any atom is -0.295 e. The Balaban J connectivity index is 2.19. The SMILES string of the molecule is CCC(=O)C1=Cc2ccccc2C1S(=O)(=O)c1ccccc1. The zero-order chi connectivity index (χ0) is 15.7. The van der Waals surface area contributed by atoms with Crippen molar-refractivity contribution < 1.29 is 13.2 Å². The normalized spacial score (nSPS) is 17.0. The van der Waals surface area contributed by atoms with E-state index in [0.29, 0.717) is 17.6 Å². The highest BCUT2D eigenvalue weighted by Crippen LogP contribution is 2.43. The highest BCUT2D eigenvalue weighted by molar-refractivity contribution is 7.92. The molecule has 2 aromatic rings. The van der Waals surface area contributed by atoms with E-state index < -0.39 is 15.1 Å². The molecule has 0 bridgehead atoms. The Morgan fingerprint density at radius 3 is 2.32 bits per heavy atom. The van der Waals surface area contributed by atoms with E-state index >= 15 is 0 Å². The van der Waals surface area contributed by atoms with E-state index in [1.807, 2.05) is 12.1 Å². The molecular weight excluding hydrogens is 296 g/mol. The Labute approximate surface area is 130 Å². The molecule has 1 atom stereocenters. The number of fused-ring (bicyclic) bond motifs is 1. The van der Waals surface area contributed by atoms with Gasteiger partial charge in [0.15, 0.2) is 15.6 Å². The minimum atomic E-state index is -3.65. The molecule has 0 amide bonds. The summed E-state index contributed by atoms with van der Waals surface area (Å²) >= 11 is 0. The van der Waals surface area contributed by atoms with Gasteiger partial charge in [0.2, 0.25) is 0 Å². The van der Waals surface area contributed by atoms with Gasteiger partial charge in [-0.15, -0.1) is 0 Å². The van der Waals surface area contributed by atoms with Crippen molar-refractivity contribution in [3.8, 4) is 0 Å². The largest absolute Gasteiger partial charge is 0.295 e. The van der Waals surface area contributed by atoms with Crippen LogP contribution in [-0.4, -0.2) is 14.2 Å². The minimum absolute atomic E-state index is 0.124. The summed E-state index contributed by atoms with van der Waals surface area (Å²) in [5.74, 6) is -0.124. The van der Waals surface area contributed by atoms with Gasteiger partial charge in [0.25, 0.3) is 0 Å². The van der Waals surface area contributed by atoms with Crippen molar-refractivity contribution in [1.82, 2.24) is 0 Å². The molecule has 4 heteroatoms. The molecule has 3 nitrogen and oxygen atoms in total. The van der Waals surface area contributed by atoms with Crippen LogP contribution < -0.4 is 0 Å². The number of benzene rings is 2. The summed E-state index contributed by atoms with van der Waals surface area (Å²) in [5.41, 5.74) is 1.86. The van der Waals surface area contributed by atoms with Crippen LogP contribution in [0, 0.1) is 0 Å². The lowest BCUT2D eigenvalue weighted by molar-refractivity contribution is -0.115. The fraction of sp³-hybridized carbons (Fsp3) is 0.167. The molecule has 112 valence electrons. The molecule has 0 N–H and O–H groups in total. The van der Waals surface area contributed by atoms with Crippen molar-refractivity contribution in [2.75, 3.05) is 0 Å². The second-order valence-corrected chi connectivity index (χ2v) is 7.28. The standard InChI is InChI=1S/C18H16O3S/c1-2-17(19)16-12-13-8-6-7-11-15(13)18(16)22(20,21)14-9-4-3-5-10-14/h3-12,18H,2H2,1H3. The summed E-state index contributed by atoms with van der Waals surface area (Å²) in [6.07, 6.45) is 2.01. The monoisotopic (exact) mass is 312 g/mol. The predicted octanol–water partition coefficient (Wildman–Crippen LogP) is 3.58. The number of hydrogen-bond acceptors (Lipinski definition) is 3. The number of rotatable bonds is 4. The first-order chi connectivity index (χ1) is 10.6. The van der Waals surface area contributed by atoms with Gasteiger partial charge in [0.05, 0.1) is 4.90 Å². The van der Waals surface area contributed by atoms with Gasteiger partial charge in [-0.05, 0) is 29.3 Å². The molecule has 1 unspecified atom stereocenters. The van der Waals surface area contributed by atoms with Gasteiger partial charge >= 0.3 is 0 Å². The zero-order valence-electron chi connectivity index (χ0n) is 12.2. The van der Waals surface area contributed by atoms with Gasteiger partial charge < -0.3 is 0 Å². The maximum Gasteiger partial charge on any atom is 0.189 e. The Morgan fingerprint density at radius 1 is 1.00 bits per heavy atom. The first-order valence-electron chi connectivity index (χ1n) is 7.18. The van der Waals surface area contributed by atoms with Crippen LogP contribution in [0.4, 0.5) is 0 Å². The van der Waals surface area contributed by atoms with Gasteiger partial charge in [0, 0.05) is 12.0 Å². The lowest BCUT2D eigenvalue weighted by atomic mass is 10.1. The second-order valence-electron chi connectivity index (χ2n) is 5.24. The third-order valence-corrected chi connectivity index (χ3v) is 5.95. The quantitative estimate of drug-likeness (QED) is 0.867. The third kappa shape index (κ3) is 2.29. The van der Waals surface area contributed by atoms with Crippen molar-refractivity contribution in [2.24, 2.45) is 0 Å². The summed E-state index contributed by atoms with van der Waals surface area (Å²) in [6.45, 7) is 1.75. The molecule has 0 spiro atoms. The van der Waals surface area contributed by atoms with Crippen molar-refractivity contribution in [3.05, 3.63) is 71.3 Å². The van der Waals surface area contributed by atoms with Crippen LogP contribution in [0.25, 0.3) is 6.08 Å². The van der Waals surface area contributed by atoms with Crippen LogP contribution in [0.1, 0.15) is 29.7 Å². The number of carbonyl (C=O) groups excluding carboxylic acids is 1. The molecule has 1 aliphatic carbocycles. The summed E-state index contributed by atoms with van der Waals surface area (Å²) in [6, 6.07) is 15.6. The first-order valence-corrected chi connectivity index (χ1v) is 8.73. The molecule has 0 aliphatic heterocycles. The van der Waals surface area contributed by atoms with E-state index in [-0.39, 0.29) is 10.7 Å².